The molecule has 0 spiro atoms. The van der Waals surface area contributed by atoms with Crippen LogP contribution in [-0.2, 0) is 0 Å². The lowest BCUT2D eigenvalue weighted by Crippen LogP contribution is -2.31. The quantitative estimate of drug-likeness (QED) is 0.810. The van der Waals surface area contributed by atoms with Gasteiger partial charge in [0.05, 0.1) is 5.02 Å². The molecule has 0 fully saturated rings. The fourth-order valence-electron chi connectivity index (χ4n) is 2.02. The van der Waals surface area contributed by atoms with Crippen molar-refractivity contribution < 1.29 is 9.90 Å². The topological polar surface area (TPSA) is 54.3 Å². The van der Waals surface area contributed by atoms with Gasteiger partial charge in [0.2, 0.25) is 0 Å². The summed E-state index contributed by atoms with van der Waals surface area (Å²) in [6.07, 6.45) is 3.42. The molecular formula is C14H23ClN2O2. The molecule has 1 rings (SSSR count). The molecule has 0 bridgehead atoms. The molecule has 1 unspecified atom stereocenters. The zero-order chi connectivity index (χ0) is 14.4. The van der Waals surface area contributed by atoms with Crippen LogP contribution in [0.1, 0.15) is 50.1 Å². The Morgan fingerprint density at radius 1 is 1.53 bits per heavy atom. The number of hydrogen-bond acceptors (Lipinski definition) is 2. The van der Waals surface area contributed by atoms with Gasteiger partial charge in [0.25, 0.3) is 5.91 Å². The molecule has 0 saturated heterocycles. The molecule has 0 saturated carbocycles. The number of aromatic nitrogens is 1. The highest BCUT2D eigenvalue weighted by Crippen LogP contribution is 2.19. The van der Waals surface area contributed by atoms with E-state index in [2.05, 4.69) is 12.2 Å². The SMILES string of the molecule is CCC(CCO)CNC(=O)c1cc(Cl)cn1C(C)C. The fraction of sp³-hybridized carbons (Fsp3) is 0.643. The van der Waals surface area contributed by atoms with Crippen LogP contribution in [0.4, 0.5) is 0 Å². The van der Waals surface area contributed by atoms with Crippen LogP contribution in [0.2, 0.25) is 5.02 Å². The maximum absolute atomic E-state index is 12.2. The second kappa shape index (κ2) is 7.56. The van der Waals surface area contributed by atoms with Crippen molar-refractivity contribution in [2.45, 2.75) is 39.7 Å². The van der Waals surface area contributed by atoms with E-state index in [1.165, 1.54) is 0 Å². The van der Waals surface area contributed by atoms with Crippen molar-refractivity contribution in [1.29, 1.82) is 0 Å². The van der Waals surface area contributed by atoms with Gasteiger partial charge in [-0.05, 0) is 32.3 Å². The summed E-state index contributed by atoms with van der Waals surface area (Å²) in [5.74, 6) is 0.198. The van der Waals surface area contributed by atoms with E-state index in [4.69, 9.17) is 16.7 Å². The highest BCUT2D eigenvalue weighted by Gasteiger charge is 2.16. The van der Waals surface area contributed by atoms with Gasteiger partial charge >= 0.3 is 0 Å². The van der Waals surface area contributed by atoms with Crippen LogP contribution in [0.15, 0.2) is 12.3 Å². The first-order valence-corrected chi connectivity index (χ1v) is 7.13. The number of nitrogens with zero attached hydrogens (tertiary/aromatic N) is 1. The van der Waals surface area contributed by atoms with E-state index in [-0.39, 0.29) is 18.6 Å². The lowest BCUT2D eigenvalue weighted by Gasteiger charge is -2.16. The monoisotopic (exact) mass is 286 g/mol. The molecule has 19 heavy (non-hydrogen) atoms. The minimum absolute atomic E-state index is 0.114. The van der Waals surface area contributed by atoms with Crippen molar-refractivity contribution in [3.05, 3.63) is 23.0 Å². The average molecular weight is 287 g/mol. The Labute approximate surface area is 119 Å². The molecule has 4 nitrogen and oxygen atoms in total. The Bertz CT molecular complexity index is 416. The average Bonchev–Trinajstić information content (AvgIpc) is 2.76. The van der Waals surface area contributed by atoms with E-state index in [1.54, 1.807) is 12.3 Å². The number of carbonyl (C=O) groups excluding carboxylic acids is 1. The van der Waals surface area contributed by atoms with Crippen LogP contribution in [-0.4, -0.2) is 28.7 Å². The Balaban J connectivity index is 2.67. The first-order chi connectivity index (χ1) is 8.99. The summed E-state index contributed by atoms with van der Waals surface area (Å²) < 4.78 is 1.87. The third-order valence-corrected chi connectivity index (χ3v) is 3.48. The molecule has 1 aromatic rings. The Morgan fingerprint density at radius 2 is 2.21 bits per heavy atom. The van der Waals surface area contributed by atoms with Crippen molar-refractivity contribution in [2.75, 3.05) is 13.2 Å². The van der Waals surface area contributed by atoms with Crippen LogP contribution in [0.3, 0.4) is 0 Å². The fourth-order valence-corrected chi connectivity index (χ4v) is 2.22. The Hall–Kier alpha value is -1.00. The molecule has 0 radical (unpaired) electrons. The third kappa shape index (κ3) is 4.55. The summed E-state index contributed by atoms with van der Waals surface area (Å²) in [6.45, 7) is 6.81. The van der Waals surface area contributed by atoms with Gasteiger partial charge < -0.3 is 15.0 Å². The van der Waals surface area contributed by atoms with Crippen molar-refractivity contribution in [1.82, 2.24) is 9.88 Å². The Kier molecular flexibility index (Phi) is 6.38. The second-order valence-corrected chi connectivity index (χ2v) is 5.48. The van der Waals surface area contributed by atoms with Crippen LogP contribution in [0.25, 0.3) is 0 Å². The number of rotatable bonds is 7. The summed E-state index contributed by atoms with van der Waals surface area (Å²) in [5, 5.41) is 12.4. The number of amides is 1. The summed E-state index contributed by atoms with van der Waals surface area (Å²) in [6, 6.07) is 1.87. The molecule has 0 aliphatic heterocycles. The molecule has 0 aliphatic rings. The lowest BCUT2D eigenvalue weighted by atomic mass is 10.0. The zero-order valence-electron chi connectivity index (χ0n) is 11.8. The van der Waals surface area contributed by atoms with Gasteiger partial charge in [0, 0.05) is 25.4 Å². The first kappa shape index (κ1) is 16.1. The van der Waals surface area contributed by atoms with Gasteiger partial charge in [-0.3, -0.25) is 4.79 Å². The maximum atomic E-state index is 12.2. The highest BCUT2D eigenvalue weighted by atomic mass is 35.5. The number of nitrogens with one attached hydrogen (secondary N) is 1. The van der Waals surface area contributed by atoms with E-state index in [9.17, 15) is 4.79 Å². The number of aliphatic hydroxyl groups is 1. The molecule has 1 aromatic heterocycles. The minimum Gasteiger partial charge on any atom is -0.396 e. The first-order valence-electron chi connectivity index (χ1n) is 6.76. The molecular weight excluding hydrogens is 264 g/mol. The molecule has 0 aromatic carbocycles. The predicted octanol–water partition coefficient (Wildman–Crippen LogP) is 2.86. The Morgan fingerprint density at radius 3 is 2.74 bits per heavy atom. The molecule has 108 valence electrons. The summed E-state index contributed by atoms with van der Waals surface area (Å²) in [5.41, 5.74) is 0.582. The number of hydrogen-bond donors (Lipinski definition) is 2. The molecule has 5 heteroatoms. The normalized spacial score (nSPS) is 12.7. The number of carbonyl (C=O) groups is 1. The second-order valence-electron chi connectivity index (χ2n) is 5.04. The molecule has 0 aliphatic carbocycles. The lowest BCUT2D eigenvalue weighted by molar-refractivity contribution is 0.0933. The smallest absolute Gasteiger partial charge is 0.267 e. The van der Waals surface area contributed by atoms with Crippen LogP contribution in [0.5, 0.6) is 0 Å². The van der Waals surface area contributed by atoms with Crippen molar-refractivity contribution in [3.8, 4) is 0 Å². The summed E-state index contributed by atoms with van der Waals surface area (Å²) in [4.78, 5) is 12.2. The molecule has 1 amide bonds. The molecule has 1 heterocycles. The van der Waals surface area contributed by atoms with Gasteiger partial charge in [-0.25, -0.2) is 0 Å². The predicted molar refractivity (Wildman–Crippen MR) is 77.6 cm³/mol. The van der Waals surface area contributed by atoms with E-state index in [0.717, 1.165) is 6.42 Å². The van der Waals surface area contributed by atoms with E-state index in [1.807, 2.05) is 18.4 Å². The largest absolute Gasteiger partial charge is 0.396 e. The van der Waals surface area contributed by atoms with Crippen molar-refractivity contribution in [2.24, 2.45) is 5.92 Å². The third-order valence-electron chi connectivity index (χ3n) is 3.27. The van der Waals surface area contributed by atoms with E-state index < -0.39 is 0 Å². The van der Waals surface area contributed by atoms with Crippen LogP contribution >= 0.6 is 11.6 Å². The van der Waals surface area contributed by atoms with Gasteiger partial charge in [-0.15, -0.1) is 0 Å². The molecule has 1 atom stereocenters. The standard InChI is InChI=1S/C14H23ClN2O2/c1-4-11(5-6-18)8-16-14(19)13-7-12(15)9-17(13)10(2)3/h7,9-11,18H,4-6,8H2,1-3H3,(H,16,19). The summed E-state index contributed by atoms with van der Waals surface area (Å²) >= 11 is 5.96. The van der Waals surface area contributed by atoms with Gasteiger partial charge in [0.1, 0.15) is 5.69 Å². The van der Waals surface area contributed by atoms with Gasteiger partial charge in [-0.1, -0.05) is 24.9 Å². The van der Waals surface area contributed by atoms with Crippen molar-refractivity contribution in [3.63, 3.8) is 0 Å². The van der Waals surface area contributed by atoms with Gasteiger partial charge in [-0.2, -0.15) is 0 Å². The van der Waals surface area contributed by atoms with Crippen molar-refractivity contribution >= 4 is 17.5 Å². The zero-order valence-corrected chi connectivity index (χ0v) is 12.6. The van der Waals surface area contributed by atoms with Gasteiger partial charge in [0.15, 0.2) is 0 Å². The number of halogens is 1. The van der Waals surface area contributed by atoms with Crippen LogP contribution in [0, 0.1) is 5.92 Å². The number of aliphatic hydroxyl groups excluding tert-OH is 1. The maximum Gasteiger partial charge on any atom is 0.267 e. The summed E-state index contributed by atoms with van der Waals surface area (Å²) in [7, 11) is 0. The van der Waals surface area contributed by atoms with E-state index >= 15 is 0 Å². The van der Waals surface area contributed by atoms with Crippen LogP contribution < -0.4 is 5.32 Å². The highest BCUT2D eigenvalue weighted by molar-refractivity contribution is 6.31. The van der Waals surface area contributed by atoms with E-state index in [0.29, 0.717) is 29.6 Å². The molecule has 2 N–H and O–H groups in total. The minimum atomic E-state index is -0.114.